The Kier molecular flexibility index (Phi) is 8.20. The fraction of sp³-hybridized carbons (Fsp3) is 0.333. The van der Waals surface area contributed by atoms with E-state index in [2.05, 4.69) is 15.9 Å². The lowest BCUT2D eigenvalue weighted by Gasteiger charge is -2.49. The Bertz CT molecular complexity index is 2120. The molecule has 2 saturated heterocycles. The standard InChI is InChI=1S/C36H32BrN5O10/c1-36-23(33(45)40(35(36)47)18-8-6-5-7-9-18)16-22-20(29(36)17-12-24(37)31(43)27(13-17)52-4)10-11-21-28(22)34(46)39(32(21)44)19-14-25(41(48)49)30(38(2)3)26(15-19)42(50)51/h5-10,12-15,21-23,28-29,43H,11,16H2,1-4H3/t21-,22+,23-,28-,29-,36+/m0/s1. The number of rotatable bonds is 7. The zero-order valence-electron chi connectivity index (χ0n) is 28.3. The number of carbonyl (C=O) groups excluding carboxylic acids is 4. The van der Waals surface area contributed by atoms with Gasteiger partial charge in [0.05, 0.1) is 56.0 Å². The van der Waals surface area contributed by atoms with Crippen LogP contribution in [-0.4, -0.2) is 59.8 Å². The number of ether oxygens (including phenoxy) is 1. The second-order valence-corrected chi connectivity index (χ2v) is 14.7. The molecule has 0 radical (unpaired) electrons. The maximum Gasteiger partial charge on any atom is 0.301 e. The van der Waals surface area contributed by atoms with Crippen molar-refractivity contribution in [1.29, 1.82) is 0 Å². The average Bonchev–Trinajstić information content (AvgIpc) is 3.48. The van der Waals surface area contributed by atoms with E-state index in [0.717, 1.165) is 21.9 Å². The van der Waals surface area contributed by atoms with E-state index in [4.69, 9.17) is 4.74 Å². The van der Waals surface area contributed by atoms with Crippen molar-refractivity contribution in [3.63, 3.8) is 0 Å². The maximum absolute atomic E-state index is 14.6. The minimum absolute atomic E-state index is 0.0387. The van der Waals surface area contributed by atoms with Crippen LogP contribution in [0.2, 0.25) is 0 Å². The normalized spacial score (nSPS) is 26.5. The Hall–Kier alpha value is -5.64. The number of methoxy groups -OCH3 is 1. The number of nitro groups is 2. The van der Waals surface area contributed by atoms with Gasteiger partial charge in [-0.3, -0.25) is 39.4 Å². The van der Waals surface area contributed by atoms with Crippen molar-refractivity contribution in [2.24, 2.45) is 29.1 Å². The van der Waals surface area contributed by atoms with Gasteiger partial charge in [-0.2, -0.15) is 0 Å². The third-order valence-corrected chi connectivity index (χ3v) is 11.7. The van der Waals surface area contributed by atoms with Gasteiger partial charge < -0.3 is 14.7 Å². The van der Waals surface area contributed by atoms with Gasteiger partial charge in [0.1, 0.15) is 0 Å². The largest absolute Gasteiger partial charge is 0.503 e. The number of halogens is 1. The molecular formula is C36H32BrN5O10. The molecule has 2 aliphatic carbocycles. The number of nitro benzene ring substituents is 2. The number of amides is 4. The summed E-state index contributed by atoms with van der Waals surface area (Å²) in [6, 6.07) is 13.7. The first-order chi connectivity index (χ1) is 24.6. The molecule has 2 heterocycles. The molecule has 3 fully saturated rings. The van der Waals surface area contributed by atoms with Gasteiger partial charge in [-0.15, -0.1) is 0 Å². The van der Waals surface area contributed by atoms with E-state index >= 15 is 0 Å². The second-order valence-electron chi connectivity index (χ2n) is 13.8. The van der Waals surface area contributed by atoms with Crippen molar-refractivity contribution in [3.8, 4) is 11.5 Å². The Morgan fingerprint density at radius 3 is 2.12 bits per heavy atom. The van der Waals surface area contributed by atoms with Crippen LogP contribution >= 0.6 is 15.9 Å². The molecule has 4 aliphatic rings. The molecule has 1 N–H and O–H groups in total. The molecule has 0 unspecified atom stereocenters. The van der Waals surface area contributed by atoms with Crippen LogP contribution < -0.4 is 19.4 Å². The number of phenols is 1. The minimum Gasteiger partial charge on any atom is -0.503 e. The van der Waals surface area contributed by atoms with Crippen LogP contribution in [0.1, 0.15) is 31.2 Å². The molecule has 1 saturated carbocycles. The van der Waals surface area contributed by atoms with Gasteiger partial charge in [0, 0.05) is 32.1 Å². The molecule has 52 heavy (non-hydrogen) atoms. The lowest BCUT2D eigenvalue weighted by molar-refractivity contribution is -0.392. The molecule has 0 spiro atoms. The van der Waals surface area contributed by atoms with Crippen LogP contribution in [0.15, 0.2) is 70.7 Å². The number of imide groups is 2. The van der Waals surface area contributed by atoms with Crippen LogP contribution in [-0.2, 0) is 19.2 Å². The van der Waals surface area contributed by atoms with Crippen LogP contribution in [0.3, 0.4) is 0 Å². The van der Waals surface area contributed by atoms with Crippen molar-refractivity contribution >= 4 is 68.0 Å². The van der Waals surface area contributed by atoms with Gasteiger partial charge in [-0.25, -0.2) is 9.80 Å². The highest BCUT2D eigenvalue weighted by Gasteiger charge is 2.67. The monoisotopic (exact) mass is 773 g/mol. The Morgan fingerprint density at radius 2 is 1.54 bits per heavy atom. The lowest BCUT2D eigenvalue weighted by Crippen LogP contribution is -2.48. The van der Waals surface area contributed by atoms with Crippen LogP contribution in [0.5, 0.6) is 11.5 Å². The van der Waals surface area contributed by atoms with Gasteiger partial charge in [-0.05, 0) is 71.4 Å². The number of nitrogens with zero attached hydrogens (tertiary/aromatic N) is 5. The quantitative estimate of drug-likeness (QED) is 0.138. The number of para-hydroxylation sites is 1. The predicted octanol–water partition coefficient (Wildman–Crippen LogP) is 5.48. The third-order valence-electron chi connectivity index (χ3n) is 11.0. The van der Waals surface area contributed by atoms with Crippen LogP contribution in [0, 0.1) is 49.3 Å². The van der Waals surface area contributed by atoms with Crippen molar-refractivity contribution in [1.82, 2.24) is 0 Å². The Labute approximate surface area is 304 Å². The highest BCUT2D eigenvalue weighted by Crippen LogP contribution is 2.64. The number of aromatic hydroxyl groups is 1. The fourth-order valence-corrected chi connectivity index (χ4v) is 9.30. The molecule has 15 nitrogen and oxygen atoms in total. The highest BCUT2D eigenvalue weighted by atomic mass is 79.9. The average molecular weight is 775 g/mol. The number of anilines is 3. The zero-order valence-corrected chi connectivity index (χ0v) is 29.9. The topological polar surface area (TPSA) is 194 Å². The van der Waals surface area contributed by atoms with E-state index in [1.807, 2.05) is 6.08 Å². The first-order valence-corrected chi connectivity index (χ1v) is 17.1. The summed E-state index contributed by atoms with van der Waals surface area (Å²) < 4.78 is 5.73. The van der Waals surface area contributed by atoms with Gasteiger partial charge in [0.2, 0.25) is 23.6 Å². The molecule has 7 rings (SSSR count). The Morgan fingerprint density at radius 1 is 0.904 bits per heavy atom. The van der Waals surface area contributed by atoms with E-state index in [1.54, 1.807) is 49.4 Å². The van der Waals surface area contributed by atoms with Crippen molar-refractivity contribution in [3.05, 3.63) is 96.5 Å². The summed E-state index contributed by atoms with van der Waals surface area (Å²) in [6.45, 7) is 1.72. The van der Waals surface area contributed by atoms with Crippen LogP contribution in [0.25, 0.3) is 0 Å². The summed E-state index contributed by atoms with van der Waals surface area (Å²) in [4.78, 5) is 83.4. The molecule has 6 atom stereocenters. The number of allylic oxidation sites excluding steroid dienone is 2. The summed E-state index contributed by atoms with van der Waals surface area (Å²) in [5.74, 6) is -6.82. The molecular weight excluding hydrogens is 742 g/mol. The SMILES string of the molecule is COc1cc([C@H]2C3=CC[C@@H]4C(=O)N(c5cc([N+](=O)[O-])c(N(C)C)c([N+](=O)[O-])c5)C(=O)[C@@H]4[C@@H]3C[C@H]3C(=O)N(c4ccccc4)C(=O)[C@@]23C)cc(Br)c1O. The summed E-state index contributed by atoms with van der Waals surface area (Å²) in [7, 11) is 4.20. The molecule has 16 heteroatoms. The second kappa shape index (κ2) is 12.3. The summed E-state index contributed by atoms with van der Waals surface area (Å²) in [6.07, 6.45) is 1.93. The van der Waals surface area contributed by atoms with E-state index < -0.39 is 79.9 Å². The van der Waals surface area contributed by atoms with Gasteiger partial charge in [0.15, 0.2) is 17.2 Å². The zero-order chi connectivity index (χ0) is 37.5. The van der Waals surface area contributed by atoms with Crippen LogP contribution in [0.4, 0.5) is 28.4 Å². The molecule has 268 valence electrons. The first-order valence-electron chi connectivity index (χ1n) is 16.3. The van der Waals surface area contributed by atoms with Gasteiger partial charge in [-0.1, -0.05) is 29.8 Å². The Balaban J connectivity index is 1.38. The number of phenolic OH excluding ortho intramolecular Hbond substituents is 1. The molecule has 3 aromatic carbocycles. The lowest BCUT2D eigenvalue weighted by atomic mass is 9.51. The van der Waals surface area contributed by atoms with Crippen molar-refractivity contribution in [2.45, 2.75) is 25.7 Å². The van der Waals surface area contributed by atoms with Crippen molar-refractivity contribution < 1.29 is 38.9 Å². The summed E-state index contributed by atoms with van der Waals surface area (Å²) in [5.41, 5.74) is -1.71. The highest BCUT2D eigenvalue weighted by molar-refractivity contribution is 9.10. The number of carbonyl (C=O) groups is 4. The minimum atomic E-state index is -1.36. The van der Waals surface area contributed by atoms with Gasteiger partial charge >= 0.3 is 11.4 Å². The number of hydrogen-bond acceptors (Lipinski definition) is 11. The molecule has 2 aliphatic heterocycles. The number of hydrogen-bond donors (Lipinski definition) is 1. The number of fused-ring (bicyclic) bond motifs is 4. The van der Waals surface area contributed by atoms with E-state index in [0.29, 0.717) is 16.8 Å². The van der Waals surface area contributed by atoms with E-state index in [-0.39, 0.29) is 40.2 Å². The molecule has 4 amide bonds. The first kappa shape index (κ1) is 34.8. The summed E-state index contributed by atoms with van der Waals surface area (Å²) >= 11 is 3.38. The predicted molar refractivity (Wildman–Crippen MR) is 190 cm³/mol. The van der Waals surface area contributed by atoms with Gasteiger partial charge in [0.25, 0.3) is 0 Å². The third kappa shape index (κ3) is 4.83. The molecule has 0 aromatic heterocycles. The van der Waals surface area contributed by atoms with E-state index in [9.17, 15) is 44.5 Å². The van der Waals surface area contributed by atoms with Crippen molar-refractivity contribution in [2.75, 3.05) is 35.9 Å². The van der Waals surface area contributed by atoms with E-state index in [1.165, 1.54) is 26.1 Å². The fourth-order valence-electron chi connectivity index (χ4n) is 8.84. The smallest absolute Gasteiger partial charge is 0.301 e. The molecule has 0 bridgehead atoms. The summed E-state index contributed by atoms with van der Waals surface area (Å²) in [5, 5.41) is 34.9. The molecule has 3 aromatic rings. The maximum atomic E-state index is 14.6. The number of benzene rings is 3.